The minimum atomic E-state index is -0.542. The van der Waals surface area contributed by atoms with Crippen LogP contribution in [0.5, 0.6) is 0 Å². The lowest BCUT2D eigenvalue weighted by molar-refractivity contribution is 0.112. The first-order valence-corrected chi connectivity index (χ1v) is 3.89. The SMILES string of the molecule is N#CCC#Cc1c(F)cccc1C=O. The Balaban J connectivity index is 3.14. The van der Waals surface area contributed by atoms with Crippen LogP contribution < -0.4 is 0 Å². The second-order valence-corrected chi connectivity index (χ2v) is 2.46. The van der Waals surface area contributed by atoms with E-state index in [9.17, 15) is 9.18 Å². The summed E-state index contributed by atoms with van der Waals surface area (Å²) >= 11 is 0. The van der Waals surface area contributed by atoms with Crippen molar-refractivity contribution in [1.82, 2.24) is 0 Å². The minimum Gasteiger partial charge on any atom is -0.298 e. The summed E-state index contributed by atoms with van der Waals surface area (Å²) < 4.78 is 13.1. The van der Waals surface area contributed by atoms with Gasteiger partial charge in [0.2, 0.25) is 0 Å². The number of rotatable bonds is 1. The lowest BCUT2D eigenvalue weighted by Gasteiger charge is -1.96. The van der Waals surface area contributed by atoms with E-state index in [1.807, 2.05) is 6.07 Å². The molecule has 1 aromatic rings. The molecular weight excluding hydrogens is 181 g/mol. The molecular formula is C11H6FNO. The topological polar surface area (TPSA) is 40.9 Å². The fraction of sp³-hybridized carbons (Fsp3) is 0.0909. The average Bonchev–Trinajstić information content (AvgIpc) is 2.20. The molecule has 0 aliphatic rings. The van der Waals surface area contributed by atoms with Gasteiger partial charge >= 0.3 is 0 Å². The van der Waals surface area contributed by atoms with E-state index in [2.05, 4.69) is 11.8 Å². The van der Waals surface area contributed by atoms with Crippen LogP contribution in [0, 0.1) is 29.0 Å². The van der Waals surface area contributed by atoms with E-state index < -0.39 is 5.82 Å². The predicted molar refractivity (Wildman–Crippen MR) is 48.9 cm³/mol. The first kappa shape index (κ1) is 9.95. The number of benzene rings is 1. The van der Waals surface area contributed by atoms with E-state index in [-0.39, 0.29) is 17.5 Å². The van der Waals surface area contributed by atoms with Crippen molar-refractivity contribution in [2.75, 3.05) is 0 Å². The van der Waals surface area contributed by atoms with Gasteiger partial charge in [-0.25, -0.2) is 4.39 Å². The highest BCUT2D eigenvalue weighted by Gasteiger charge is 2.03. The van der Waals surface area contributed by atoms with Gasteiger partial charge in [-0.3, -0.25) is 4.79 Å². The summed E-state index contributed by atoms with van der Waals surface area (Å²) in [6, 6.07) is 5.95. The summed E-state index contributed by atoms with van der Waals surface area (Å²) in [7, 11) is 0. The van der Waals surface area contributed by atoms with E-state index in [1.165, 1.54) is 18.2 Å². The van der Waals surface area contributed by atoms with Gasteiger partial charge in [0.25, 0.3) is 0 Å². The van der Waals surface area contributed by atoms with Crippen LogP contribution >= 0.6 is 0 Å². The maximum absolute atomic E-state index is 13.1. The van der Waals surface area contributed by atoms with Crippen molar-refractivity contribution in [2.45, 2.75) is 6.42 Å². The van der Waals surface area contributed by atoms with Crippen molar-refractivity contribution in [3.05, 3.63) is 35.1 Å². The van der Waals surface area contributed by atoms with E-state index in [1.54, 1.807) is 0 Å². The zero-order valence-electron chi connectivity index (χ0n) is 7.25. The van der Waals surface area contributed by atoms with Crippen molar-refractivity contribution in [3.8, 4) is 17.9 Å². The van der Waals surface area contributed by atoms with Gasteiger partial charge in [0, 0.05) is 5.56 Å². The van der Waals surface area contributed by atoms with Gasteiger partial charge in [-0.2, -0.15) is 5.26 Å². The lowest BCUT2D eigenvalue weighted by Crippen LogP contribution is -1.91. The molecule has 3 heteroatoms. The molecule has 0 radical (unpaired) electrons. The zero-order valence-corrected chi connectivity index (χ0v) is 7.25. The van der Waals surface area contributed by atoms with Gasteiger partial charge in [-0.05, 0) is 6.07 Å². The Labute approximate surface area is 81.0 Å². The number of aldehydes is 1. The molecule has 0 spiro atoms. The molecule has 0 aliphatic carbocycles. The van der Waals surface area contributed by atoms with Gasteiger partial charge in [-0.15, -0.1) is 0 Å². The van der Waals surface area contributed by atoms with Crippen LogP contribution in [0.1, 0.15) is 22.3 Å². The van der Waals surface area contributed by atoms with Crippen molar-refractivity contribution in [2.24, 2.45) is 0 Å². The van der Waals surface area contributed by atoms with E-state index >= 15 is 0 Å². The highest BCUT2D eigenvalue weighted by molar-refractivity contribution is 5.79. The molecule has 0 fully saturated rings. The third kappa shape index (κ3) is 2.18. The second-order valence-electron chi connectivity index (χ2n) is 2.46. The van der Waals surface area contributed by atoms with Gasteiger partial charge in [0.05, 0.1) is 18.1 Å². The maximum Gasteiger partial charge on any atom is 0.151 e. The van der Waals surface area contributed by atoms with Gasteiger partial charge < -0.3 is 0 Å². The molecule has 0 heterocycles. The van der Waals surface area contributed by atoms with Crippen LogP contribution in [0.15, 0.2) is 18.2 Å². The molecule has 1 rings (SSSR count). The molecule has 0 amide bonds. The van der Waals surface area contributed by atoms with Crippen LogP contribution in [0.25, 0.3) is 0 Å². The van der Waals surface area contributed by atoms with Crippen molar-refractivity contribution in [3.63, 3.8) is 0 Å². The second kappa shape index (κ2) is 4.79. The first-order valence-electron chi connectivity index (χ1n) is 3.89. The number of carbonyl (C=O) groups excluding carboxylic acids is 1. The molecule has 2 nitrogen and oxygen atoms in total. The lowest BCUT2D eigenvalue weighted by atomic mass is 10.1. The van der Waals surface area contributed by atoms with Crippen LogP contribution in [0.2, 0.25) is 0 Å². The average molecular weight is 187 g/mol. The Bertz CT molecular complexity index is 449. The Morgan fingerprint density at radius 1 is 1.50 bits per heavy atom. The van der Waals surface area contributed by atoms with Crippen LogP contribution in [-0.2, 0) is 0 Å². The molecule has 0 aliphatic heterocycles. The van der Waals surface area contributed by atoms with E-state index in [0.29, 0.717) is 6.29 Å². The number of hydrogen-bond donors (Lipinski definition) is 0. The molecule has 0 N–H and O–H groups in total. The number of carbonyl (C=O) groups is 1. The van der Waals surface area contributed by atoms with Gasteiger partial charge in [0.15, 0.2) is 6.29 Å². The van der Waals surface area contributed by atoms with Crippen molar-refractivity contribution >= 4 is 6.29 Å². The summed E-state index contributed by atoms with van der Waals surface area (Å²) in [6.07, 6.45) is 0.562. The summed E-state index contributed by atoms with van der Waals surface area (Å²) in [5, 5.41) is 8.22. The molecule has 0 unspecified atom stereocenters. The van der Waals surface area contributed by atoms with Crippen molar-refractivity contribution < 1.29 is 9.18 Å². The Morgan fingerprint density at radius 2 is 2.29 bits per heavy atom. The molecule has 0 saturated carbocycles. The van der Waals surface area contributed by atoms with Crippen LogP contribution in [0.4, 0.5) is 4.39 Å². The van der Waals surface area contributed by atoms with Gasteiger partial charge in [0.1, 0.15) is 5.82 Å². The molecule has 0 bridgehead atoms. The standard InChI is InChI=1S/C11H6FNO/c12-11-6-3-4-9(8-14)10(11)5-1-2-7-13/h3-4,6,8H,2H2. The third-order valence-electron chi connectivity index (χ3n) is 1.55. The smallest absolute Gasteiger partial charge is 0.151 e. The number of nitrogens with zero attached hydrogens (tertiary/aromatic N) is 1. The van der Waals surface area contributed by atoms with Crippen molar-refractivity contribution in [1.29, 1.82) is 5.26 Å². The summed E-state index contributed by atoms with van der Waals surface area (Å²) in [5.74, 6) is 4.37. The molecule has 0 aromatic heterocycles. The predicted octanol–water partition coefficient (Wildman–Crippen LogP) is 1.90. The highest BCUT2D eigenvalue weighted by atomic mass is 19.1. The summed E-state index contributed by atoms with van der Waals surface area (Å²) in [5.41, 5.74) is 0.258. The monoisotopic (exact) mass is 187 g/mol. The number of hydrogen-bond acceptors (Lipinski definition) is 2. The Hall–Kier alpha value is -2.13. The van der Waals surface area contributed by atoms with E-state index in [4.69, 9.17) is 5.26 Å². The minimum absolute atomic E-state index is 0.0205. The molecule has 68 valence electrons. The Morgan fingerprint density at radius 3 is 2.93 bits per heavy atom. The highest BCUT2D eigenvalue weighted by Crippen LogP contribution is 2.09. The fourth-order valence-corrected chi connectivity index (χ4v) is 0.943. The number of halogens is 1. The Kier molecular flexibility index (Phi) is 3.41. The number of nitriles is 1. The summed E-state index contributed by atoms with van der Waals surface area (Å²) in [6.45, 7) is 0. The fourth-order valence-electron chi connectivity index (χ4n) is 0.943. The van der Waals surface area contributed by atoms with Gasteiger partial charge in [-0.1, -0.05) is 24.0 Å². The van der Waals surface area contributed by atoms with E-state index in [0.717, 1.165) is 0 Å². The third-order valence-corrected chi connectivity index (χ3v) is 1.55. The maximum atomic E-state index is 13.1. The molecule has 1 aromatic carbocycles. The molecule has 0 saturated heterocycles. The first-order chi connectivity index (χ1) is 6.79. The normalized spacial score (nSPS) is 8.29. The quantitative estimate of drug-likeness (QED) is 0.497. The zero-order chi connectivity index (χ0) is 10.4. The van der Waals surface area contributed by atoms with Crippen LogP contribution in [-0.4, -0.2) is 6.29 Å². The molecule has 0 atom stereocenters. The molecule has 14 heavy (non-hydrogen) atoms. The summed E-state index contributed by atoms with van der Waals surface area (Å²) in [4.78, 5) is 10.5. The van der Waals surface area contributed by atoms with Crippen LogP contribution in [0.3, 0.4) is 0 Å². The largest absolute Gasteiger partial charge is 0.298 e.